The number of nitrogens with zero attached hydrogens (tertiary/aromatic N) is 1. The zero-order valence-electron chi connectivity index (χ0n) is 15.2. The minimum absolute atomic E-state index is 0.0312. The van der Waals surface area contributed by atoms with Gasteiger partial charge in [0.05, 0.1) is 4.92 Å². The van der Waals surface area contributed by atoms with Crippen LogP contribution in [0.1, 0.15) is 24.2 Å². The smallest absolute Gasteiger partial charge is 0.329 e. The number of carbonyl (C=O) groups excluding carboxylic acids is 3. The molecule has 0 saturated heterocycles. The largest absolute Gasteiger partial charge is 0.451 e. The van der Waals surface area contributed by atoms with E-state index in [2.05, 4.69) is 10.6 Å². The number of anilines is 1. The number of rotatable bonds is 7. The van der Waals surface area contributed by atoms with Gasteiger partial charge in [0.25, 0.3) is 17.5 Å². The van der Waals surface area contributed by atoms with Crippen molar-refractivity contribution in [1.82, 2.24) is 5.32 Å². The van der Waals surface area contributed by atoms with Gasteiger partial charge in [-0.15, -0.1) is 0 Å². The van der Waals surface area contributed by atoms with Gasteiger partial charge in [0.1, 0.15) is 6.04 Å². The zero-order chi connectivity index (χ0) is 20.7. The summed E-state index contributed by atoms with van der Waals surface area (Å²) in [5.74, 6) is -2.00. The normalized spacial score (nSPS) is 12.4. The van der Waals surface area contributed by atoms with Crippen LogP contribution >= 0.6 is 0 Å². The van der Waals surface area contributed by atoms with Crippen molar-refractivity contribution in [3.8, 4) is 0 Å². The number of benzene rings is 2. The van der Waals surface area contributed by atoms with E-state index in [-0.39, 0.29) is 11.3 Å². The average molecular weight is 385 g/mol. The van der Waals surface area contributed by atoms with Crippen LogP contribution in [0.3, 0.4) is 0 Å². The molecule has 2 aromatic carbocycles. The fourth-order valence-electron chi connectivity index (χ4n) is 2.19. The number of nitro benzene ring substituents is 1. The van der Waals surface area contributed by atoms with Gasteiger partial charge in [-0.25, -0.2) is 4.79 Å². The van der Waals surface area contributed by atoms with Crippen molar-refractivity contribution < 1.29 is 24.0 Å². The molecule has 9 heteroatoms. The topological polar surface area (TPSA) is 128 Å². The number of para-hydroxylation sites is 1. The molecule has 0 aliphatic rings. The van der Waals surface area contributed by atoms with Crippen molar-refractivity contribution in [3.05, 3.63) is 70.3 Å². The van der Waals surface area contributed by atoms with E-state index in [1.54, 1.807) is 30.3 Å². The minimum Gasteiger partial charge on any atom is -0.451 e. The molecule has 2 unspecified atom stereocenters. The van der Waals surface area contributed by atoms with E-state index >= 15 is 0 Å². The highest BCUT2D eigenvalue weighted by Gasteiger charge is 2.24. The molecule has 0 aromatic heterocycles. The van der Waals surface area contributed by atoms with E-state index in [0.717, 1.165) is 6.07 Å². The summed E-state index contributed by atoms with van der Waals surface area (Å²) >= 11 is 0. The fraction of sp³-hybridized carbons (Fsp3) is 0.211. The Bertz CT molecular complexity index is 884. The van der Waals surface area contributed by atoms with Crippen LogP contribution in [0.25, 0.3) is 0 Å². The molecule has 146 valence electrons. The van der Waals surface area contributed by atoms with Crippen LogP contribution in [-0.2, 0) is 14.3 Å². The predicted molar refractivity (Wildman–Crippen MR) is 101 cm³/mol. The number of carbonyl (C=O) groups is 3. The molecule has 28 heavy (non-hydrogen) atoms. The molecular weight excluding hydrogens is 366 g/mol. The number of amides is 2. The van der Waals surface area contributed by atoms with Gasteiger partial charge in [0, 0.05) is 23.4 Å². The molecule has 2 N–H and O–H groups in total. The Hall–Kier alpha value is -3.75. The molecule has 2 rings (SSSR count). The number of esters is 1. The van der Waals surface area contributed by atoms with E-state index in [1.165, 1.54) is 32.0 Å². The number of non-ortho nitro benzene ring substituents is 1. The van der Waals surface area contributed by atoms with Gasteiger partial charge in [0.2, 0.25) is 0 Å². The Morgan fingerprint density at radius 2 is 1.71 bits per heavy atom. The summed E-state index contributed by atoms with van der Waals surface area (Å²) in [6.07, 6.45) is -1.08. The molecule has 2 aromatic rings. The van der Waals surface area contributed by atoms with Crippen LogP contribution in [0.5, 0.6) is 0 Å². The van der Waals surface area contributed by atoms with Crippen molar-refractivity contribution >= 4 is 29.2 Å². The highest BCUT2D eigenvalue weighted by atomic mass is 16.6. The van der Waals surface area contributed by atoms with Crippen LogP contribution in [0, 0.1) is 10.1 Å². The highest BCUT2D eigenvalue weighted by molar-refractivity contribution is 5.98. The summed E-state index contributed by atoms with van der Waals surface area (Å²) in [4.78, 5) is 46.5. The lowest BCUT2D eigenvalue weighted by Crippen LogP contribution is -2.42. The van der Waals surface area contributed by atoms with Gasteiger partial charge in [-0.3, -0.25) is 19.7 Å². The first-order chi connectivity index (χ1) is 13.3. The lowest BCUT2D eigenvalue weighted by atomic mass is 10.2. The van der Waals surface area contributed by atoms with E-state index in [4.69, 9.17) is 4.74 Å². The van der Waals surface area contributed by atoms with Crippen LogP contribution < -0.4 is 10.6 Å². The van der Waals surface area contributed by atoms with E-state index in [1.807, 2.05) is 0 Å². The molecule has 0 spiro atoms. The summed E-state index contributed by atoms with van der Waals surface area (Å²) in [5, 5.41) is 15.8. The molecule has 2 amide bonds. The molecule has 0 saturated carbocycles. The molecular formula is C19H19N3O6. The first-order valence-electron chi connectivity index (χ1n) is 8.39. The van der Waals surface area contributed by atoms with Crippen LogP contribution in [0.4, 0.5) is 11.4 Å². The number of hydrogen-bond acceptors (Lipinski definition) is 6. The standard InChI is InChI=1S/C19H19N3O6/c1-12(20-18(24)14-7-6-10-16(11-14)22(26)27)19(25)28-13(2)17(23)21-15-8-4-3-5-9-15/h3-13H,1-2H3,(H,20,24)(H,21,23). The van der Waals surface area contributed by atoms with Crippen LogP contribution in [0.15, 0.2) is 54.6 Å². The Balaban J connectivity index is 1.91. The van der Waals surface area contributed by atoms with Crippen LogP contribution in [-0.4, -0.2) is 34.9 Å². The maximum absolute atomic E-state index is 12.2. The van der Waals surface area contributed by atoms with Crippen molar-refractivity contribution in [2.45, 2.75) is 26.0 Å². The quantitative estimate of drug-likeness (QED) is 0.428. The third-order valence-corrected chi connectivity index (χ3v) is 3.72. The monoisotopic (exact) mass is 385 g/mol. The van der Waals surface area contributed by atoms with Gasteiger partial charge in [-0.05, 0) is 32.0 Å². The summed E-state index contributed by atoms with van der Waals surface area (Å²) in [5.41, 5.74) is 0.347. The Kier molecular flexibility index (Phi) is 6.80. The molecule has 0 aliphatic heterocycles. The van der Waals surface area contributed by atoms with E-state index in [0.29, 0.717) is 5.69 Å². The molecule has 2 atom stereocenters. The first kappa shape index (κ1) is 20.6. The fourth-order valence-corrected chi connectivity index (χ4v) is 2.19. The Morgan fingerprint density at radius 3 is 2.36 bits per heavy atom. The molecule has 0 fully saturated rings. The highest BCUT2D eigenvalue weighted by Crippen LogP contribution is 2.13. The second-order valence-electron chi connectivity index (χ2n) is 5.94. The maximum Gasteiger partial charge on any atom is 0.329 e. The average Bonchev–Trinajstić information content (AvgIpc) is 2.68. The van der Waals surface area contributed by atoms with Gasteiger partial charge in [0.15, 0.2) is 6.10 Å². The number of nitro groups is 1. The van der Waals surface area contributed by atoms with Crippen molar-refractivity contribution in [3.63, 3.8) is 0 Å². The SMILES string of the molecule is CC(NC(=O)c1cccc([N+](=O)[O-])c1)C(=O)OC(C)C(=O)Nc1ccccc1. The zero-order valence-corrected chi connectivity index (χ0v) is 15.2. The maximum atomic E-state index is 12.2. The molecule has 0 aliphatic carbocycles. The van der Waals surface area contributed by atoms with E-state index in [9.17, 15) is 24.5 Å². The Morgan fingerprint density at radius 1 is 1.04 bits per heavy atom. The third-order valence-electron chi connectivity index (χ3n) is 3.72. The van der Waals surface area contributed by atoms with Crippen molar-refractivity contribution in [1.29, 1.82) is 0 Å². The van der Waals surface area contributed by atoms with E-state index < -0.39 is 34.9 Å². The molecule has 0 heterocycles. The van der Waals surface area contributed by atoms with Crippen molar-refractivity contribution in [2.24, 2.45) is 0 Å². The predicted octanol–water partition coefficient (Wildman–Crippen LogP) is 2.28. The Labute approximate surface area is 160 Å². The van der Waals surface area contributed by atoms with Crippen LogP contribution in [0.2, 0.25) is 0 Å². The minimum atomic E-state index is -1.08. The number of nitrogens with one attached hydrogen (secondary N) is 2. The number of hydrogen-bond donors (Lipinski definition) is 2. The summed E-state index contributed by atoms with van der Waals surface area (Å²) in [7, 11) is 0. The molecule has 9 nitrogen and oxygen atoms in total. The van der Waals surface area contributed by atoms with Gasteiger partial charge >= 0.3 is 5.97 Å². The lowest BCUT2D eigenvalue weighted by Gasteiger charge is -2.17. The van der Waals surface area contributed by atoms with Gasteiger partial charge in [-0.1, -0.05) is 24.3 Å². The second kappa shape index (κ2) is 9.26. The summed E-state index contributed by atoms with van der Waals surface area (Å²) in [6, 6.07) is 12.7. The first-order valence-corrected chi connectivity index (χ1v) is 8.39. The van der Waals surface area contributed by atoms with Crippen molar-refractivity contribution in [2.75, 3.05) is 5.32 Å². The summed E-state index contributed by atoms with van der Waals surface area (Å²) < 4.78 is 5.07. The molecule has 0 radical (unpaired) electrons. The third kappa shape index (κ3) is 5.63. The van der Waals surface area contributed by atoms with Gasteiger partial charge in [-0.2, -0.15) is 0 Å². The van der Waals surface area contributed by atoms with Gasteiger partial charge < -0.3 is 15.4 Å². The summed E-state index contributed by atoms with van der Waals surface area (Å²) in [6.45, 7) is 2.80. The second-order valence-corrected chi connectivity index (χ2v) is 5.94. The molecule has 0 bridgehead atoms. The number of ether oxygens (including phenoxy) is 1. The lowest BCUT2D eigenvalue weighted by molar-refractivity contribution is -0.384.